The highest BCUT2D eigenvalue weighted by molar-refractivity contribution is 6.35. The van der Waals surface area contributed by atoms with Crippen molar-refractivity contribution < 1.29 is 58.7 Å². The van der Waals surface area contributed by atoms with Gasteiger partial charge in [-0.3, -0.25) is 24.2 Å². The molecule has 1 aliphatic carbocycles. The average molecular weight is 862 g/mol. The van der Waals surface area contributed by atoms with Crippen molar-refractivity contribution in [2.24, 2.45) is 33.8 Å². The minimum atomic E-state index is -1.86. The third-order valence-electron chi connectivity index (χ3n) is 13.0. The summed E-state index contributed by atoms with van der Waals surface area (Å²) in [6, 6.07) is 0. The summed E-state index contributed by atoms with van der Waals surface area (Å²) in [5.74, 6) is -6.65. The minimum absolute atomic E-state index is 0.00630. The SMILES string of the molecule is CCC(=O)N1CCC2(CC1)N=C1C(=C3NC(=O)/C(C)=C\C=C\[C@H](C)[C@H](O)[C@@H](C)[C@@H](O)[C@@H](C)[C@H](OC(C)=O)[C@H](C)[C@@H](OC)/C=C/O[C@@]4(C)Oc5c(C)c(O)c(c1c5/C4=N/O)C3=O)N2. The zero-order valence-corrected chi connectivity index (χ0v) is 36.9. The van der Waals surface area contributed by atoms with Crippen molar-refractivity contribution in [3.8, 4) is 11.5 Å². The lowest BCUT2D eigenvalue weighted by atomic mass is 9.78. The molecule has 7 rings (SSSR count). The molecular formula is C45H59N5O12. The van der Waals surface area contributed by atoms with E-state index in [4.69, 9.17) is 23.9 Å². The van der Waals surface area contributed by atoms with Crippen LogP contribution in [0.2, 0.25) is 0 Å². The van der Waals surface area contributed by atoms with Crippen molar-refractivity contribution in [1.82, 2.24) is 15.5 Å². The molecule has 0 unspecified atom stereocenters. The van der Waals surface area contributed by atoms with Crippen LogP contribution in [0.5, 0.6) is 11.5 Å². The molecule has 5 heterocycles. The second kappa shape index (κ2) is 17.7. The van der Waals surface area contributed by atoms with Crippen LogP contribution in [0.4, 0.5) is 0 Å². The molecular weight excluding hydrogens is 803 g/mol. The summed E-state index contributed by atoms with van der Waals surface area (Å²) in [4.78, 5) is 60.6. The highest BCUT2D eigenvalue weighted by atomic mass is 16.7. The van der Waals surface area contributed by atoms with E-state index < -0.39 is 82.9 Å². The summed E-state index contributed by atoms with van der Waals surface area (Å²) >= 11 is 0. The maximum atomic E-state index is 14.8. The van der Waals surface area contributed by atoms with Crippen molar-refractivity contribution >= 4 is 35.0 Å². The fraction of sp³-hybridized carbons (Fsp3) is 0.556. The van der Waals surface area contributed by atoms with E-state index in [-0.39, 0.29) is 62.3 Å². The Labute approximate surface area is 361 Å². The number of methoxy groups -OCH3 is 1. The van der Waals surface area contributed by atoms with Gasteiger partial charge in [0, 0.05) is 93.7 Å². The van der Waals surface area contributed by atoms with Gasteiger partial charge in [0.25, 0.3) is 11.7 Å². The third-order valence-corrected chi connectivity index (χ3v) is 13.0. The standard InChI is InChI=1S/C45H59N5O12/c1-11-29(52)50-18-16-45(17-19-50)47-33-30-31-38(55)26(7)41-32(30)42(49-58)44(9,62-41)60-20-15-28(59-10)23(4)40(61-27(8)51)25(6)37(54)24(5)36(53)21(2)13-12-14-22(3)43(57)46-35(39(31)56)34(33)48-45/h12-15,20-21,23-25,28,36-37,40,48,53-55,58H,11,16-19H2,1-10H3,(H,46,57)/b13-12+,20-15+,22-14-,49-42-/t21-,23+,24+,25+,28-,36-,37+,40+,44-/m0/s1. The number of phenolic OH excluding ortho intramolecular Hbond substituents is 1. The molecule has 5 bridgehead atoms. The number of hydrogen-bond acceptors (Lipinski definition) is 15. The molecule has 1 aromatic carbocycles. The van der Waals surface area contributed by atoms with Crippen molar-refractivity contribution in [2.45, 2.75) is 117 Å². The Morgan fingerprint density at radius 2 is 1.68 bits per heavy atom. The molecule has 1 saturated heterocycles. The monoisotopic (exact) mass is 861 g/mol. The van der Waals surface area contributed by atoms with Crippen LogP contribution in [-0.2, 0) is 28.6 Å². The number of nitrogens with one attached hydrogen (secondary N) is 2. The maximum absolute atomic E-state index is 14.8. The van der Waals surface area contributed by atoms with E-state index in [0.29, 0.717) is 32.4 Å². The number of rotatable bonds is 3. The predicted molar refractivity (Wildman–Crippen MR) is 226 cm³/mol. The van der Waals surface area contributed by atoms with E-state index >= 15 is 0 Å². The third kappa shape index (κ3) is 8.13. The zero-order chi connectivity index (χ0) is 45.6. The van der Waals surface area contributed by atoms with Gasteiger partial charge in [-0.05, 0) is 19.9 Å². The van der Waals surface area contributed by atoms with Crippen LogP contribution in [0.25, 0.3) is 0 Å². The number of nitrogens with zero attached hydrogens (tertiary/aromatic N) is 3. The highest BCUT2D eigenvalue weighted by Crippen LogP contribution is 2.50. The molecule has 0 radical (unpaired) electrons. The molecule has 0 aromatic heterocycles. The first-order valence-electron chi connectivity index (χ1n) is 21.1. The molecule has 5 aliphatic heterocycles. The summed E-state index contributed by atoms with van der Waals surface area (Å²) in [6.45, 7) is 15.3. The topological polar surface area (TPSA) is 238 Å². The Balaban J connectivity index is 1.52. The summed E-state index contributed by atoms with van der Waals surface area (Å²) < 4.78 is 24.2. The quantitative estimate of drug-likeness (QED) is 0.144. The van der Waals surface area contributed by atoms with Crippen LogP contribution in [-0.4, -0.2) is 116 Å². The molecule has 17 heteroatoms. The number of fused-ring (bicyclic) bond motifs is 13. The molecule has 9 atom stereocenters. The van der Waals surface area contributed by atoms with Gasteiger partial charge in [0.15, 0.2) is 5.71 Å². The molecule has 1 fully saturated rings. The number of oxime groups is 1. The van der Waals surface area contributed by atoms with Gasteiger partial charge in [-0.2, -0.15) is 0 Å². The molecule has 2 amide bonds. The largest absolute Gasteiger partial charge is 0.507 e. The fourth-order valence-corrected chi connectivity index (χ4v) is 9.16. The summed E-state index contributed by atoms with van der Waals surface area (Å²) in [6.07, 6.45) is 4.86. The van der Waals surface area contributed by atoms with E-state index in [1.165, 1.54) is 40.2 Å². The van der Waals surface area contributed by atoms with Crippen LogP contribution in [0.15, 0.2) is 57.7 Å². The molecule has 1 aromatic rings. The highest BCUT2D eigenvalue weighted by Gasteiger charge is 2.54. The Bertz CT molecular complexity index is 2200. The first kappa shape index (κ1) is 46.0. The van der Waals surface area contributed by atoms with Crippen LogP contribution in [0, 0.1) is 30.6 Å². The second-order valence-electron chi connectivity index (χ2n) is 17.2. The van der Waals surface area contributed by atoms with Gasteiger partial charge in [-0.25, -0.2) is 0 Å². The predicted octanol–water partition coefficient (Wildman–Crippen LogP) is 3.89. The number of allylic oxidation sites excluding steroid dienone is 4. The van der Waals surface area contributed by atoms with Crippen LogP contribution < -0.4 is 15.4 Å². The van der Waals surface area contributed by atoms with Gasteiger partial charge in [-0.15, -0.1) is 0 Å². The number of Topliss-reactive ketones (excluding diaryl/α,β-unsaturated/α-hetero) is 1. The van der Waals surface area contributed by atoms with Crippen LogP contribution >= 0.6 is 0 Å². The van der Waals surface area contributed by atoms with Gasteiger partial charge in [0.1, 0.15) is 29.0 Å². The van der Waals surface area contributed by atoms with E-state index in [2.05, 4.69) is 15.8 Å². The smallest absolute Gasteiger partial charge is 0.302 e. The number of aliphatic hydroxyl groups excluding tert-OH is 2. The number of aliphatic hydroxyl groups is 2. The number of carbonyl (C=O) groups is 4. The van der Waals surface area contributed by atoms with Gasteiger partial charge in [0.05, 0.1) is 47.1 Å². The zero-order valence-electron chi connectivity index (χ0n) is 36.9. The number of likely N-dealkylation sites (tertiary alicyclic amines) is 1. The Kier molecular flexibility index (Phi) is 13.1. The van der Waals surface area contributed by atoms with Crippen molar-refractivity contribution in [3.63, 3.8) is 0 Å². The number of esters is 1. The summed E-state index contributed by atoms with van der Waals surface area (Å²) in [5.41, 5.74) is -0.570. The molecule has 6 N–H and O–H groups in total. The van der Waals surface area contributed by atoms with Crippen molar-refractivity contribution in [1.29, 1.82) is 0 Å². The summed E-state index contributed by atoms with van der Waals surface area (Å²) in [7, 11) is 1.46. The van der Waals surface area contributed by atoms with Gasteiger partial charge < -0.3 is 55.0 Å². The molecule has 6 aliphatic rings. The van der Waals surface area contributed by atoms with Crippen molar-refractivity contribution in [2.75, 3.05) is 20.2 Å². The lowest BCUT2D eigenvalue weighted by Gasteiger charge is -2.38. The number of aliphatic imine (C=N–C) groups is 1. The number of ketones is 1. The normalized spacial score (nSPS) is 33.7. The maximum Gasteiger partial charge on any atom is 0.302 e. The van der Waals surface area contributed by atoms with Gasteiger partial charge in [0.2, 0.25) is 11.7 Å². The Hall–Kier alpha value is -5.52. The minimum Gasteiger partial charge on any atom is -0.507 e. The van der Waals surface area contributed by atoms with Gasteiger partial charge >= 0.3 is 5.97 Å². The number of hydrogen-bond donors (Lipinski definition) is 6. The second-order valence-corrected chi connectivity index (χ2v) is 17.2. The van der Waals surface area contributed by atoms with E-state index in [9.17, 15) is 39.7 Å². The van der Waals surface area contributed by atoms with E-state index in [1.54, 1.807) is 64.7 Å². The van der Waals surface area contributed by atoms with Gasteiger partial charge in [-0.1, -0.05) is 58.0 Å². The first-order valence-corrected chi connectivity index (χ1v) is 21.1. The lowest BCUT2D eigenvalue weighted by Crippen LogP contribution is -2.51. The molecule has 336 valence electrons. The fourth-order valence-electron chi connectivity index (χ4n) is 9.16. The van der Waals surface area contributed by atoms with Crippen LogP contribution in [0.1, 0.15) is 102 Å². The number of carbonyl (C=O) groups excluding carboxylic acids is 4. The number of aromatic hydroxyl groups is 1. The number of amides is 2. The lowest BCUT2D eigenvalue weighted by molar-refractivity contribution is -0.160. The summed E-state index contributed by atoms with van der Waals surface area (Å²) in [5, 5.41) is 55.4. The van der Waals surface area contributed by atoms with Crippen molar-refractivity contribution in [3.05, 3.63) is 69.8 Å². The van der Waals surface area contributed by atoms with E-state index in [1.807, 2.05) is 0 Å². The molecule has 62 heavy (non-hydrogen) atoms. The number of ether oxygens (including phenoxy) is 4. The molecule has 1 spiro atoms. The Morgan fingerprint density at radius 3 is 2.29 bits per heavy atom. The molecule has 0 saturated carbocycles. The number of piperidine rings is 1. The van der Waals surface area contributed by atoms with Crippen LogP contribution in [0.3, 0.4) is 0 Å². The average Bonchev–Trinajstić information content (AvgIpc) is 3.76. The first-order chi connectivity index (χ1) is 29.2. The molecule has 17 nitrogen and oxygen atoms in total. The van der Waals surface area contributed by atoms with E-state index in [0.717, 1.165) is 0 Å². The number of benzene rings is 1. The number of phenols is 1. The Morgan fingerprint density at radius 1 is 1.00 bits per heavy atom.